The monoisotopic (exact) mass is 273 g/mol. The summed E-state index contributed by atoms with van der Waals surface area (Å²) in [6.45, 7) is 0. The molecular formula is C15H16ClN3. The SMILES string of the molecule is Nc1n[nH]c(C2CC3CC3C2)c1-c1cccc(Cl)c1. The van der Waals surface area contributed by atoms with E-state index in [1.807, 2.05) is 24.3 Å². The summed E-state index contributed by atoms with van der Waals surface area (Å²) in [6, 6.07) is 7.85. The highest BCUT2D eigenvalue weighted by molar-refractivity contribution is 6.30. The van der Waals surface area contributed by atoms with Crippen LogP contribution in [0.15, 0.2) is 24.3 Å². The second-order valence-electron chi connectivity index (χ2n) is 5.83. The first-order valence-electron chi connectivity index (χ1n) is 6.82. The number of aromatic nitrogens is 2. The van der Waals surface area contributed by atoms with Gasteiger partial charge in [0, 0.05) is 22.2 Å². The maximum Gasteiger partial charge on any atom is 0.153 e. The Labute approximate surface area is 117 Å². The maximum absolute atomic E-state index is 6.08. The lowest BCUT2D eigenvalue weighted by molar-refractivity contribution is 0.607. The van der Waals surface area contributed by atoms with E-state index < -0.39 is 0 Å². The maximum atomic E-state index is 6.08. The predicted octanol–water partition coefficient (Wildman–Crippen LogP) is 3.83. The molecule has 1 aromatic heterocycles. The van der Waals surface area contributed by atoms with Gasteiger partial charge in [-0.15, -0.1) is 0 Å². The number of fused-ring (bicyclic) bond motifs is 1. The van der Waals surface area contributed by atoms with Crippen molar-refractivity contribution in [3.8, 4) is 11.1 Å². The third kappa shape index (κ3) is 1.84. The van der Waals surface area contributed by atoms with Gasteiger partial charge in [0.2, 0.25) is 0 Å². The molecule has 2 aliphatic rings. The molecule has 0 spiro atoms. The predicted molar refractivity (Wildman–Crippen MR) is 77.0 cm³/mol. The van der Waals surface area contributed by atoms with Crippen molar-refractivity contribution >= 4 is 17.4 Å². The first-order valence-corrected chi connectivity index (χ1v) is 7.20. The van der Waals surface area contributed by atoms with E-state index in [9.17, 15) is 0 Å². The van der Waals surface area contributed by atoms with E-state index in [1.165, 1.54) is 25.0 Å². The Morgan fingerprint density at radius 1 is 1.21 bits per heavy atom. The highest BCUT2D eigenvalue weighted by Crippen LogP contribution is 2.58. The quantitative estimate of drug-likeness (QED) is 0.874. The molecule has 0 aliphatic heterocycles. The van der Waals surface area contributed by atoms with Gasteiger partial charge in [0.25, 0.3) is 0 Å². The molecular weight excluding hydrogens is 258 g/mol. The van der Waals surface area contributed by atoms with Crippen molar-refractivity contribution in [2.24, 2.45) is 11.8 Å². The molecule has 98 valence electrons. The molecule has 2 unspecified atom stereocenters. The molecule has 0 amide bonds. The number of nitrogens with one attached hydrogen (secondary N) is 1. The second kappa shape index (κ2) is 4.01. The van der Waals surface area contributed by atoms with E-state index >= 15 is 0 Å². The summed E-state index contributed by atoms with van der Waals surface area (Å²) < 4.78 is 0. The minimum absolute atomic E-state index is 0.581. The molecule has 2 aliphatic carbocycles. The van der Waals surface area contributed by atoms with Crippen LogP contribution in [0.2, 0.25) is 5.02 Å². The zero-order valence-electron chi connectivity index (χ0n) is 10.6. The Hall–Kier alpha value is -1.48. The molecule has 3 nitrogen and oxygen atoms in total. The van der Waals surface area contributed by atoms with Crippen LogP contribution in [0.4, 0.5) is 5.82 Å². The number of nitrogen functional groups attached to an aromatic ring is 1. The lowest BCUT2D eigenvalue weighted by Crippen LogP contribution is -1.99. The number of rotatable bonds is 2. The number of H-pyrrole nitrogens is 1. The summed E-state index contributed by atoms with van der Waals surface area (Å²) in [7, 11) is 0. The number of aromatic amines is 1. The van der Waals surface area contributed by atoms with Crippen molar-refractivity contribution in [2.75, 3.05) is 5.73 Å². The zero-order valence-corrected chi connectivity index (χ0v) is 11.3. The highest BCUT2D eigenvalue weighted by Gasteiger charge is 2.47. The molecule has 3 N–H and O–H groups in total. The van der Waals surface area contributed by atoms with Crippen molar-refractivity contribution in [1.29, 1.82) is 0 Å². The van der Waals surface area contributed by atoms with E-state index in [4.69, 9.17) is 17.3 Å². The van der Waals surface area contributed by atoms with Gasteiger partial charge >= 0.3 is 0 Å². The van der Waals surface area contributed by atoms with Gasteiger partial charge < -0.3 is 5.73 Å². The van der Waals surface area contributed by atoms with E-state index in [0.717, 1.165) is 28.0 Å². The molecule has 2 fully saturated rings. The van der Waals surface area contributed by atoms with Crippen molar-refractivity contribution in [3.05, 3.63) is 35.0 Å². The molecule has 4 heteroatoms. The van der Waals surface area contributed by atoms with Gasteiger partial charge in [0.1, 0.15) is 0 Å². The van der Waals surface area contributed by atoms with Crippen LogP contribution in [-0.4, -0.2) is 10.2 Å². The number of hydrogen-bond acceptors (Lipinski definition) is 2. The van der Waals surface area contributed by atoms with Gasteiger partial charge in [-0.25, -0.2) is 0 Å². The van der Waals surface area contributed by atoms with Gasteiger partial charge in [-0.1, -0.05) is 23.7 Å². The first-order chi connectivity index (χ1) is 9.22. The zero-order chi connectivity index (χ0) is 13.0. The summed E-state index contributed by atoms with van der Waals surface area (Å²) in [5.74, 6) is 3.06. The van der Waals surface area contributed by atoms with Gasteiger partial charge in [0.05, 0.1) is 0 Å². The van der Waals surface area contributed by atoms with Gasteiger partial charge in [-0.05, 0) is 48.8 Å². The summed E-state index contributed by atoms with van der Waals surface area (Å²) in [6.07, 6.45) is 3.98. The van der Waals surface area contributed by atoms with Crippen LogP contribution in [0.1, 0.15) is 30.9 Å². The van der Waals surface area contributed by atoms with Crippen LogP contribution in [0, 0.1) is 11.8 Å². The molecule has 2 atom stereocenters. The molecule has 4 rings (SSSR count). The van der Waals surface area contributed by atoms with Crippen LogP contribution < -0.4 is 5.73 Å². The molecule has 19 heavy (non-hydrogen) atoms. The third-order valence-corrected chi connectivity index (χ3v) is 4.82. The Morgan fingerprint density at radius 3 is 2.74 bits per heavy atom. The summed E-state index contributed by atoms with van der Waals surface area (Å²) in [4.78, 5) is 0. The second-order valence-corrected chi connectivity index (χ2v) is 6.27. The van der Waals surface area contributed by atoms with Crippen molar-refractivity contribution in [3.63, 3.8) is 0 Å². The Kier molecular flexibility index (Phi) is 2.39. The molecule has 1 aromatic carbocycles. The average molecular weight is 274 g/mol. The number of hydrogen-bond donors (Lipinski definition) is 2. The molecule has 0 radical (unpaired) electrons. The minimum Gasteiger partial charge on any atom is -0.382 e. The Bertz CT molecular complexity index is 624. The van der Waals surface area contributed by atoms with E-state index in [2.05, 4.69) is 10.2 Å². The number of anilines is 1. The number of benzene rings is 1. The number of nitrogens with zero attached hydrogens (tertiary/aromatic N) is 1. The topological polar surface area (TPSA) is 54.7 Å². The lowest BCUT2D eigenvalue weighted by Gasteiger charge is -2.12. The smallest absolute Gasteiger partial charge is 0.153 e. The normalized spacial score (nSPS) is 28.4. The average Bonchev–Trinajstić information content (AvgIpc) is 2.84. The summed E-state index contributed by atoms with van der Waals surface area (Å²) >= 11 is 6.08. The van der Waals surface area contributed by atoms with Gasteiger partial charge in [-0.2, -0.15) is 5.10 Å². The fraction of sp³-hybridized carbons (Fsp3) is 0.400. The third-order valence-electron chi connectivity index (χ3n) is 4.59. The van der Waals surface area contributed by atoms with Crippen molar-refractivity contribution in [1.82, 2.24) is 10.2 Å². The van der Waals surface area contributed by atoms with E-state index in [-0.39, 0.29) is 0 Å². The molecule has 0 saturated heterocycles. The van der Waals surface area contributed by atoms with E-state index in [1.54, 1.807) is 0 Å². The fourth-order valence-corrected chi connectivity index (χ4v) is 3.75. The Morgan fingerprint density at radius 2 is 2.00 bits per heavy atom. The summed E-state index contributed by atoms with van der Waals surface area (Å²) in [5, 5.41) is 8.11. The van der Waals surface area contributed by atoms with E-state index in [0.29, 0.717) is 11.7 Å². The van der Waals surface area contributed by atoms with Crippen LogP contribution in [0.5, 0.6) is 0 Å². The summed E-state index contributed by atoms with van der Waals surface area (Å²) in [5.41, 5.74) is 9.37. The largest absolute Gasteiger partial charge is 0.382 e. The highest BCUT2D eigenvalue weighted by atomic mass is 35.5. The van der Waals surface area contributed by atoms with Crippen molar-refractivity contribution < 1.29 is 0 Å². The van der Waals surface area contributed by atoms with Crippen LogP contribution >= 0.6 is 11.6 Å². The van der Waals surface area contributed by atoms with Crippen LogP contribution in [-0.2, 0) is 0 Å². The lowest BCUT2D eigenvalue weighted by atomic mass is 9.93. The molecule has 2 saturated carbocycles. The van der Waals surface area contributed by atoms with Gasteiger partial charge in [0.15, 0.2) is 5.82 Å². The Balaban J connectivity index is 1.76. The van der Waals surface area contributed by atoms with Gasteiger partial charge in [-0.3, -0.25) is 5.10 Å². The minimum atomic E-state index is 0.581. The van der Waals surface area contributed by atoms with Crippen LogP contribution in [0.3, 0.4) is 0 Å². The van der Waals surface area contributed by atoms with Crippen molar-refractivity contribution in [2.45, 2.75) is 25.2 Å². The number of halogens is 1. The fourth-order valence-electron chi connectivity index (χ4n) is 3.56. The first kappa shape index (κ1) is 11.4. The molecule has 2 aromatic rings. The number of nitrogens with two attached hydrogens (primary N) is 1. The molecule has 1 heterocycles. The standard InChI is InChI=1S/C15H16ClN3/c16-12-3-1-2-8(7-12)13-14(18-19-15(13)17)11-5-9-4-10(9)6-11/h1-3,7,9-11H,4-6H2,(H3,17,18,19). The van der Waals surface area contributed by atoms with Crippen LogP contribution in [0.25, 0.3) is 11.1 Å². The molecule has 0 bridgehead atoms.